The lowest BCUT2D eigenvalue weighted by Crippen LogP contribution is -2.40. The van der Waals surface area contributed by atoms with E-state index in [0.29, 0.717) is 19.8 Å². The van der Waals surface area contributed by atoms with Gasteiger partial charge in [0, 0.05) is 36.5 Å². The Bertz CT molecular complexity index is 880. The molecule has 0 aromatic carbocycles. The summed E-state index contributed by atoms with van der Waals surface area (Å²) in [6.45, 7) is 15.6. The van der Waals surface area contributed by atoms with Gasteiger partial charge in [-0.25, -0.2) is 4.79 Å². The molecule has 1 aliphatic rings. The molecule has 0 spiro atoms. The van der Waals surface area contributed by atoms with Crippen molar-refractivity contribution in [2.75, 3.05) is 19.8 Å². The van der Waals surface area contributed by atoms with Crippen molar-refractivity contribution in [3.05, 3.63) is 35.4 Å². The zero-order valence-electron chi connectivity index (χ0n) is 17.5. The lowest BCUT2D eigenvalue weighted by Gasteiger charge is -2.31. The zero-order chi connectivity index (χ0) is 20.0. The number of aryl methyl sites for hydroxylation is 1. The van der Waals surface area contributed by atoms with Gasteiger partial charge in [-0.3, -0.25) is 4.90 Å². The van der Waals surface area contributed by atoms with Crippen LogP contribution >= 0.6 is 0 Å². The minimum atomic E-state index is -0.541. The summed E-state index contributed by atoms with van der Waals surface area (Å²) in [5, 5.41) is 0. The molecule has 0 saturated carbocycles. The highest BCUT2D eigenvalue weighted by Gasteiger charge is 2.37. The number of amides is 1. The molecule has 0 saturated heterocycles. The monoisotopic (exact) mass is 373 g/mol. The molecule has 148 valence electrons. The highest BCUT2D eigenvalue weighted by atomic mass is 16.6. The van der Waals surface area contributed by atoms with Crippen LogP contribution in [-0.2, 0) is 14.9 Å². The Morgan fingerprint density at radius 3 is 2.67 bits per heavy atom. The Balaban J connectivity index is 2.10. The van der Waals surface area contributed by atoms with Gasteiger partial charge >= 0.3 is 6.09 Å². The summed E-state index contributed by atoms with van der Waals surface area (Å²) in [7, 11) is 0. The van der Waals surface area contributed by atoms with Gasteiger partial charge in [0.05, 0.1) is 18.0 Å². The van der Waals surface area contributed by atoms with E-state index in [-0.39, 0.29) is 11.5 Å². The summed E-state index contributed by atoms with van der Waals surface area (Å²) < 4.78 is 13.5. The molecule has 3 rings (SSSR count). The van der Waals surface area contributed by atoms with Gasteiger partial charge in [-0.05, 0) is 46.2 Å². The maximum Gasteiger partial charge on any atom is 0.414 e. The van der Waals surface area contributed by atoms with Gasteiger partial charge in [0.2, 0.25) is 0 Å². The molecule has 0 aliphatic carbocycles. The SMILES string of the molecule is CCOCC1=CN(C(=O)OC(C)(C)C)CC(C)(C)c2c1[nH]c1cc(C)cn21. The molecular formula is C21H31N3O3. The maximum absolute atomic E-state index is 12.8. The standard InChI is InChI=1S/C21H31N3O3/c1-8-26-12-15-11-23(19(25)27-20(3,4)5)13-21(6,7)18-17(15)22-16-9-14(2)10-24(16)18/h9-11,22H,8,12-13H2,1-7H3. The first-order valence-corrected chi connectivity index (χ1v) is 9.51. The first-order chi connectivity index (χ1) is 12.5. The first-order valence-electron chi connectivity index (χ1n) is 9.51. The van der Waals surface area contributed by atoms with E-state index in [2.05, 4.69) is 42.4 Å². The highest BCUT2D eigenvalue weighted by molar-refractivity contribution is 5.77. The number of ether oxygens (including phenoxy) is 2. The first kappa shape index (κ1) is 19.5. The summed E-state index contributed by atoms with van der Waals surface area (Å²) in [5.41, 5.74) is 4.56. The number of rotatable bonds is 3. The van der Waals surface area contributed by atoms with Crippen LogP contribution in [0, 0.1) is 6.92 Å². The molecule has 6 heteroatoms. The molecule has 1 amide bonds. The minimum Gasteiger partial charge on any atom is -0.443 e. The molecule has 0 atom stereocenters. The van der Waals surface area contributed by atoms with Gasteiger partial charge in [-0.2, -0.15) is 0 Å². The Kier molecular flexibility index (Phi) is 4.89. The molecule has 0 unspecified atom stereocenters. The third-order valence-electron chi connectivity index (χ3n) is 4.62. The van der Waals surface area contributed by atoms with Gasteiger partial charge in [-0.1, -0.05) is 13.8 Å². The summed E-state index contributed by atoms with van der Waals surface area (Å²) in [6, 6.07) is 2.13. The van der Waals surface area contributed by atoms with E-state index in [1.165, 1.54) is 5.56 Å². The lowest BCUT2D eigenvalue weighted by atomic mass is 9.87. The number of nitrogens with one attached hydrogen (secondary N) is 1. The fraction of sp³-hybridized carbons (Fsp3) is 0.571. The molecule has 3 heterocycles. The molecule has 0 fully saturated rings. The number of nitrogens with zero attached hydrogens (tertiary/aromatic N) is 2. The van der Waals surface area contributed by atoms with E-state index in [0.717, 1.165) is 22.6 Å². The topological polar surface area (TPSA) is 59.0 Å². The van der Waals surface area contributed by atoms with Crippen LogP contribution in [0.1, 0.15) is 58.5 Å². The van der Waals surface area contributed by atoms with Crippen LogP contribution in [0.25, 0.3) is 11.2 Å². The number of hydrogen-bond donors (Lipinski definition) is 1. The van der Waals surface area contributed by atoms with Crippen LogP contribution in [0.15, 0.2) is 18.5 Å². The number of aromatic amines is 1. The predicted octanol–water partition coefficient (Wildman–Crippen LogP) is 4.48. The molecule has 0 bridgehead atoms. The molecular weight excluding hydrogens is 342 g/mol. The second-order valence-corrected chi connectivity index (χ2v) is 8.90. The number of carbonyl (C=O) groups is 1. The van der Waals surface area contributed by atoms with E-state index in [1.54, 1.807) is 4.90 Å². The second kappa shape index (κ2) is 6.75. The summed E-state index contributed by atoms with van der Waals surface area (Å²) in [4.78, 5) is 18.0. The molecule has 6 nitrogen and oxygen atoms in total. The van der Waals surface area contributed by atoms with E-state index in [9.17, 15) is 4.79 Å². The van der Waals surface area contributed by atoms with Crippen molar-refractivity contribution in [3.8, 4) is 0 Å². The number of fused-ring (bicyclic) bond motifs is 3. The van der Waals surface area contributed by atoms with Gasteiger partial charge in [0.1, 0.15) is 11.2 Å². The number of carbonyl (C=O) groups excluding carboxylic acids is 1. The summed E-state index contributed by atoms with van der Waals surface area (Å²) in [6.07, 6.45) is 3.67. The summed E-state index contributed by atoms with van der Waals surface area (Å²) >= 11 is 0. The van der Waals surface area contributed by atoms with Crippen molar-refractivity contribution in [1.82, 2.24) is 14.3 Å². The quantitative estimate of drug-likeness (QED) is 0.863. The van der Waals surface area contributed by atoms with Crippen molar-refractivity contribution < 1.29 is 14.3 Å². The Morgan fingerprint density at radius 2 is 2.04 bits per heavy atom. The van der Waals surface area contributed by atoms with Crippen LogP contribution in [0.3, 0.4) is 0 Å². The van der Waals surface area contributed by atoms with Gasteiger partial charge in [0.15, 0.2) is 0 Å². The van der Waals surface area contributed by atoms with E-state index in [4.69, 9.17) is 9.47 Å². The fourth-order valence-corrected chi connectivity index (χ4v) is 3.64. The predicted molar refractivity (Wildman–Crippen MR) is 107 cm³/mol. The number of aromatic nitrogens is 2. The molecule has 2 aromatic rings. The second-order valence-electron chi connectivity index (χ2n) is 8.90. The lowest BCUT2D eigenvalue weighted by molar-refractivity contribution is 0.0309. The number of imidazole rings is 1. The van der Waals surface area contributed by atoms with Gasteiger partial charge < -0.3 is 18.9 Å². The van der Waals surface area contributed by atoms with E-state index in [1.807, 2.05) is 33.9 Å². The Morgan fingerprint density at radius 1 is 1.33 bits per heavy atom. The largest absolute Gasteiger partial charge is 0.443 e. The van der Waals surface area contributed by atoms with Crippen molar-refractivity contribution in [2.24, 2.45) is 0 Å². The van der Waals surface area contributed by atoms with Crippen molar-refractivity contribution in [2.45, 2.75) is 59.5 Å². The smallest absolute Gasteiger partial charge is 0.414 e. The van der Waals surface area contributed by atoms with Crippen LogP contribution in [0.4, 0.5) is 4.79 Å². The zero-order valence-corrected chi connectivity index (χ0v) is 17.5. The molecule has 27 heavy (non-hydrogen) atoms. The average Bonchev–Trinajstić information content (AvgIpc) is 3.00. The third-order valence-corrected chi connectivity index (χ3v) is 4.62. The highest BCUT2D eigenvalue weighted by Crippen LogP contribution is 2.36. The Hall–Kier alpha value is -2.21. The minimum absolute atomic E-state index is 0.277. The van der Waals surface area contributed by atoms with E-state index < -0.39 is 5.60 Å². The average molecular weight is 373 g/mol. The maximum atomic E-state index is 12.8. The van der Waals surface area contributed by atoms with E-state index >= 15 is 0 Å². The molecule has 2 aromatic heterocycles. The van der Waals surface area contributed by atoms with Crippen LogP contribution < -0.4 is 0 Å². The molecule has 0 radical (unpaired) electrons. The fourth-order valence-electron chi connectivity index (χ4n) is 3.64. The Labute approximate surface area is 161 Å². The molecule has 1 aliphatic heterocycles. The normalized spacial score (nSPS) is 16.9. The number of hydrogen-bond acceptors (Lipinski definition) is 3. The molecule has 1 N–H and O–H groups in total. The van der Waals surface area contributed by atoms with Crippen LogP contribution in [-0.4, -0.2) is 45.7 Å². The van der Waals surface area contributed by atoms with Crippen LogP contribution in [0.2, 0.25) is 0 Å². The van der Waals surface area contributed by atoms with Gasteiger partial charge in [-0.15, -0.1) is 0 Å². The third kappa shape index (κ3) is 3.90. The van der Waals surface area contributed by atoms with Gasteiger partial charge in [0.25, 0.3) is 0 Å². The number of H-pyrrole nitrogens is 1. The van der Waals surface area contributed by atoms with Crippen molar-refractivity contribution in [1.29, 1.82) is 0 Å². The summed E-state index contributed by atoms with van der Waals surface area (Å²) in [5.74, 6) is 0. The van der Waals surface area contributed by atoms with Crippen LogP contribution in [0.5, 0.6) is 0 Å². The van der Waals surface area contributed by atoms with Crippen molar-refractivity contribution >= 4 is 17.3 Å². The van der Waals surface area contributed by atoms with Crippen molar-refractivity contribution in [3.63, 3.8) is 0 Å².